The van der Waals surface area contributed by atoms with Gasteiger partial charge in [-0.3, -0.25) is 4.79 Å². The van der Waals surface area contributed by atoms with Crippen LogP contribution in [0, 0.1) is 0 Å². The second-order valence-electron chi connectivity index (χ2n) is 6.25. The number of nitrogens with two attached hydrogens (primary N) is 1. The van der Waals surface area contributed by atoms with Crippen molar-refractivity contribution in [1.82, 2.24) is 5.32 Å². The lowest BCUT2D eigenvalue weighted by Crippen LogP contribution is -2.53. The molecule has 1 unspecified atom stereocenters. The molecule has 1 saturated heterocycles. The second-order valence-corrected chi connectivity index (χ2v) is 6.25. The van der Waals surface area contributed by atoms with Gasteiger partial charge in [0.15, 0.2) is 0 Å². The van der Waals surface area contributed by atoms with Crippen molar-refractivity contribution < 1.29 is 14.3 Å². The highest BCUT2D eigenvalue weighted by molar-refractivity contribution is 5.84. The van der Waals surface area contributed by atoms with Crippen molar-refractivity contribution in [3.8, 4) is 0 Å². The van der Waals surface area contributed by atoms with Crippen molar-refractivity contribution in [3.05, 3.63) is 0 Å². The first-order chi connectivity index (χ1) is 9.60. The van der Waals surface area contributed by atoms with Gasteiger partial charge < -0.3 is 20.5 Å². The van der Waals surface area contributed by atoms with Crippen LogP contribution in [0.25, 0.3) is 0 Å². The highest BCUT2D eigenvalue weighted by Gasteiger charge is 2.36. The zero-order valence-corrected chi connectivity index (χ0v) is 12.5. The summed E-state index contributed by atoms with van der Waals surface area (Å²) in [6.07, 6.45) is 7.41. The van der Waals surface area contributed by atoms with E-state index in [4.69, 9.17) is 15.2 Å². The molecule has 1 aliphatic heterocycles. The molecular weight excluding hydrogens is 256 g/mol. The molecule has 0 aromatic carbocycles. The van der Waals surface area contributed by atoms with Crippen LogP contribution < -0.4 is 11.1 Å². The van der Waals surface area contributed by atoms with Crippen LogP contribution in [0.3, 0.4) is 0 Å². The van der Waals surface area contributed by atoms with Crippen molar-refractivity contribution in [2.24, 2.45) is 5.73 Å². The van der Waals surface area contributed by atoms with Gasteiger partial charge in [0.25, 0.3) is 0 Å². The van der Waals surface area contributed by atoms with Gasteiger partial charge in [-0.25, -0.2) is 0 Å². The van der Waals surface area contributed by atoms with Gasteiger partial charge in [-0.1, -0.05) is 0 Å². The summed E-state index contributed by atoms with van der Waals surface area (Å²) in [4.78, 5) is 11.6. The highest BCUT2D eigenvalue weighted by Crippen LogP contribution is 2.25. The number of primary amides is 1. The Morgan fingerprint density at radius 1 is 1.30 bits per heavy atom. The number of unbranched alkanes of at least 4 members (excludes halogenated alkanes) is 1. The Bertz CT molecular complexity index is 314. The van der Waals surface area contributed by atoms with Crippen LogP contribution in [0.1, 0.15) is 51.9 Å². The summed E-state index contributed by atoms with van der Waals surface area (Å²) in [5.41, 5.74) is 4.98. The number of rotatable bonds is 9. The molecule has 2 rings (SSSR count). The lowest BCUT2D eigenvalue weighted by molar-refractivity contribution is -0.124. The Balaban J connectivity index is 1.59. The molecule has 5 nitrogen and oxygen atoms in total. The molecule has 2 fully saturated rings. The maximum Gasteiger partial charge on any atom is 0.237 e. The van der Waals surface area contributed by atoms with E-state index in [-0.39, 0.29) is 5.91 Å². The third-order valence-electron chi connectivity index (χ3n) is 4.24. The van der Waals surface area contributed by atoms with Crippen LogP contribution in [0.4, 0.5) is 0 Å². The normalized spacial score (nSPS) is 23.4. The van der Waals surface area contributed by atoms with E-state index in [9.17, 15) is 4.79 Å². The van der Waals surface area contributed by atoms with Crippen LogP contribution in [-0.2, 0) is 14.3 Å². The first-order valence-electron chi connectivity index (χ1n) is 7.87. The standard InChI is InChI=1S/C15H28N2O3/c1-15(14(16)18,17-12-4-5-12)8-2-3-9-20-13-6-10-19-11-7-13/h12-13,17H,2-11H2,1H3,(H2,16,18). The van der Waals surface area contributed by atoms with Crippen molar-refractivity contribution >= 4 is 5.91 Å². The molecule has 1 saturated carbocycles. The van der Waals surface area contributed by atoms with Crippen LogP contribution in [-0.4, -0.2) is 43.4 Å². The summed E-state index contributed by atoms with van der Waals surface area (Å²) in [7, 11) is 0. The van der Waals surface area contributed by atoms with Gasteiger partial charge in [0.2, 0.25) is 5.91 Å². The molecule has 20 heavy (non-hydrogen) atoms. The summed E-state index contributed by atoms with van der Waals surface area (Å²) < 4.78 is 11.1. The molecular formula is C15H28N2O3. The minimum atomic E-state index is -0.556. The van der Waals surface area contributed by atoms with Crippen LogP contribution in [0.5, 0.6) is 0 Å². The van der Waals surface area contributed by atoms with Crippen molar-refractivity contribution in [3.63, 3.8) is 0 Å². The zero-order valence-electron chi connectivity index (χ0n) is 12.5. The van der Waals surface area contributed by atoms with E-state index in [1.54, 1.807) is 0 Å². The monoisotopic (exact) mass is 284 g/mol. The van der Waals surface area contributed by atoms with Crippen molar-refractivity contribution in [1.29, 1.82) is 0 Å². The zero-order chi connectivity index (χ0) is 14.4. The number of amides is 1. The molecule has 5 heteroatoms. The molecule has 0 aromatic heterocycles. The van der Waals surface area contributed by atoms with Crippen molar-refractivity contribution in [2.75, 3.05) is 19.8 Å². The Labute approximate surface area is 121 Å². The molecule has 2 aliphatic rings. The summed E-state index contributed by atoms with van der Waals surface area (Å²) >= 11 is 0. The van der Waals surface area contributed by atoms with Gasteiger partial charge in [0, 0.05) is 25.9 Å². The van der Waals surface area contributed by atoms with Gasteiger partial charge in [-0.15, -0.1) is 0 Å². The minimum Gasteiger partial charge on any atom is -0.381 e. The number of carbonyl (C=O) groups is 1. The Kier molecular flexibility index (Phi) is 5.81. The number of hydrogen-bond donors (Lipinski definition) is 2. The molecule has 1 heterocycles. The van der Waals surface area contributed by atoms with Gasteiger partial charge in [-0.05, 0) is 51.9 Å². The van der Waals surface area contributed by atoms with Crippen LogP contribution >= 0.6 is 0 Å². The van der Waals surface area contributed by atoms with Gasteiger partial charge >= 0.3 is 0 Å². The van der Waals surface area contributed by atoms with E-state index < -0.39 is 5.54 Å². The first-order valence-corrected chi connectivity index (χ1v) is 7.87. The Hall–Kier alpha value is -0.650. The van der Waals surface area contributed by atoms with E-state index in [2.05, 4.69) is 5.32 Å². The Morgan fingerprint density at radius 3 is 2.60 bits per heavy atom. The molecule has 116 valence electrons. The summed E-state index contributed by atoms with van der Waals surface area (Å²) in [6.45, 7) is 4.32. The molecule has 1 amide bonds. The average molecular weight is 284 g/mol. The number of hydrogen-bond acceptors (Lipinski definition) is 4. The molecule has 0 spiro atoms. The number of ether oxygens (including phenoxy) is 2. The highest BCUT2D eigenvalue weighted by atomic mass is 16.5. The van der Waals surface area contributed by atoms with E-state index in [1.165, 1.54) is 0 Å². The van der Waals surface area contributed by atoms with Gasteiger partial charge in [0.05, 0.1) is 11.6 Å². The quantitative estimate of drug-likeness (QED) is 0.627. The number of carbonyl (C=O) groups excluding carboxylic acids is 1. The van der Waals surface area contributed by atoms with Gasteiger partial charge in [0.1, 0.15) is 0 Å². The summed E-state index contributed by atoms with van der Waals surface area (Å²) in [5, 5.41) is 3.38. The number of nitrogens with one attached hydrogen (secondary N) is 1. The molecule has 0 radical (unpaired) electrons. The SMILES string of the molecule is CC(CCCCOC1CCOCC1)(NC1CC1)C(N)=O. The first kappa shape index (κ1) is 15.7. The van der Waals surface area contributed by atoms with E-state index in [0.717, 1.165) is 64.8 Å². The second kappa shape index (κ2) is 7.38. The maximum absolute atomic E-state index is 11.6. The van der Waals surface area contributed by atoms with Crippen LogP contribution in [0.2, 0.25) is 0 Å². The lowest BCUT2D eigenvalue weighted by atomic mass is 9.94. The largest absolute Gasteiger partial charge is 0.381 e. The molecule has 3 N–H and O–H groups in total. The fraction of sp³-hybridized carbons (Fsp3) is 0.933. The molecule has 0 aromatic rings. The van der Waals surface area contributed by atoms with E-state index >= 15 is 0 Å². The summed E-state index contributed by atoms with van der Waals surface area (Å²) in [5.74, 6) is -0.241. The van der Waals surface area contributed by atoms with Gasteiger partial charge in [-0.2, -0.15) is 0 Å². The third kappa shape index (κ3) is 5.04. The predicted octanol–water partition coefficient (Wildman–Crippen LogP) is 1.35. The predicted molar refractivity (Wildman–Crippen MR) is 77.4 cm³/mol. The van der Waals surface area contributed by atoms with Crippen molar-refractivity contribution in [2.45, 2.75) is 69.6 Å². The average Bonchev–Trinajstić information content (AvgIpc) is 3.23. The smallest absolute Gasteiger partial charge is 0.237 e. The molecule has 1 atom stereocenters. The minimum absolute atomic E-state index is 0.241. The molecule has 0 bridgehead atoms. The van der Waals surface area contributed by atoms with E-state index in [1.807, 2.05) is 6.92 Å². The molecule has 1 aliphatic carbocycles. The maximum atomic E-state index is 11.6. The fourth-order valence-corrected chi connectivity index (χ4v) is 2.62. The lowest BCUT2D eigenvalue weighted by Gasteiger charge is -2.28. The van der Waals surface area contributed by atoms with E-state index in [0.29, 0.717) is 12.1 Å². The Morgan fingerprint density at radius 2 is 2.00 bits per heavy atom. The van der Waals surface area contributed by atoms with Crippen LogP contribution in [0.15, 0.2) is 0 Å². The summed E-state index contributed by atoms with van der Waals surface area (Å²) in [6, 6.07) is 0.492. The third-order valence-corrected chi connectivity index (χ3v) is 4.24. The fourth-order valence-electron chi connectivity index (χ4n) is 2.62. The topological polar surface area (TPSA) is 73.6 Å².